The maximum atomic E-state index is 8.58. The van der Waals surface area contributed by atoms with Gasteiger partial charge in [-0.3, -0.25) is 4.79 Å². The maximum absolute atomic E-state index is 8.58. The average Bonchev–Trinajstić information content (AvgIpc) is 2.88. The van der Waals surface area contributed by atoms with Crippen molar-refractivity contribution < 1.29 is 4.79 Å². The van der Waals surface area contributed by atoms with Crippen LogP contribution in [0.2, 0.25) is 0 Å². The lowest BCUT2D eigenvalue weighted by Gasteiger charge is -2.19. The van der Waals surface area contributed by atoms with Crippen LogP contribution in [0, 0.1) is 11.8 Å². The van der Waals surface area contributed by atoms with Crippen molar-refractivity contribution in [2.24, 2.45) is 17.6 Å². The van der Waals surface area contributed by atoms with Gasteiger partial charge >= 0.3 is 0 Å². The van der Waals surface area contributed by atoms with E-state index >= 15 is 0 Å². The molecule has 2 atom stereocenters. The summed E-state index contributed by atoms with van der Waals surface area (Å²) in [6.45, 7) is 2.60. The van der Waals surface area contributed by atoms with Crippen LogP contribution in [0.15, 0.2) is 30.3 Å². The highest BCUT2D eigenvalue weighted by Gasteiger charge is 2.44. The Balaban J connectivity index is 0.000000258. The van der Waals surface area contributed by atoms with E-state index in [1.54, 1.807) is 0 Å². The van der Waals surface area contributed by atoms with Crippen molar-refractivity contribution in [3.63, 3.8) is 0 Å². The van der Waals surface area contributed by atoms with Crippen molar-refractivity contribution in [3.05, 3.63) is 30.3 Å². The molecule has 1 aromatic carbocycles. The van der Waals surface area contributed by atoms with Crippen LogP contribution in [0.25, 0.3) is 0 Å². The van der Waals surface area contributed by atoms with Crippen molar-refractivity contribution in [1.82, 2.24) is 0 Å². The first-order chi connectivity index (χ1) is 7.35. The Morgan fingerprint density at radius 3 is 2.27 bits per heavy atom. The second-order valence-corrected chi connectivity index (χ2v) is 4.13. The molecule has 1 aromatic rings. The Morgan fingerprint density at radius 1 is 1.20 bits per heavy atom. The van der Waals surface area contributed by atoms with Crippen LogP contribution in [-0.4, -0.2) is 19.5 Å². The molecule has 3 heteroatoms. The fourth-order valence-electron chi connectivity index (χ4n) is 2.25. The van der Waals surface area contributed by atoms with Gasteiger partial charge in [-0.15, -0.1) is 0 Å². The van der Waals surface area contributed by atoms with Crippen LogP contribution < -0.4 is 10.6 Å². The second-order valence-electron chi connectivity index (χ2n) is 4.13. The third-order valence-electron chi connectivity index (χ3n) is 3.10. The monoisotopic (exact) mass is 204 g/mol. The zero-order valence-corrected chi connectivity index (χ0v) is 8.67. The van der Waals surface area contributed by atoms with E-state index in [1.807, 2.05) is 0 Å². The standard InChI is InChI=1S/C11H13N.CH3NO/c1-2-4-11(5-3-1)12-7-9-6-10(9)8-12;2-1-3/h1-5,9-10H,6-8H2;1H,(H2,2,3). The molecule has 0 radical (unpaired) electrons. The number of benzene rings is 1. The van der Waals surface area contributed by atoms with Crippen LogP contribution in [0.4, 0.5) is 5.69 Å². The van der Waals surface area contributed by atoms with Gasteiger partial charge in [0.25, 0.3) is 0 Å². The lowest BCUT2D eigenvalue weighted by molar-refractivity contribution is -0.106. The van der Waals surface area contributed by atoms with Gasteiger partial charge in [0.15, 0.2) is 0 Å². The molecule has 80 valence electrons. The quantitative estimate of drug-likeness (QED) is 0.700. The van der Waals surface area contributed by atoms with E-state index in [9.17, 15) is 0 Å². The van der Waals surface area contributed by atoms with E-state index in [0.717, 1.165) is 11.8 Å². The van der Waals surface area contributed by atoms with Gasteiger partial charge in [-0.2, -0.15) is 0 Å². The molecule has 3 nitrogen and oxygen atoms in total. The minimum absolute atomic E-state index is 0.250. The first-order valence-corrected chi connectivity index (χ1v) is 5.30. The molecule has 1 aliphatic carbocycles. The smallest absolute Gasteiger partial charge is 0.204 e. The van der Waals surface area contributed by atoms with Gasteiger partial charge in [0.1, 0.15) is 0 Å². The number of nitrogens with two attached hydrogens (primary N) is 1. The normalized spacial score (nSPS) is 26.3. The van der Waals surface area contributed by atoms with E-state index < -0.39 is 0 Å². The number of amides is 1. The molecule has 2 aliphatic rings. The molecule has 1 saturated carbocycles. The molecule has 2 fully saturated rings. The Morgan fingerprint density at radius 2 is 1.73 bits per heavy atom. The highest BCUT2D eigenvalue weighted by Crippen LogP contribution is 2.46. The van der Waals surface area contributed by atoms with Crippen molar-refractivity contribution in [2.75, 3.05) is 18.0 Å². The zero-order valence-electron chi connectivity index (χ0n) is 8.67. The molecule has 2 unspecified atom stereocenters. The molecule has 1 heterocycles. The fraction of sp³-hybridized carbons (Fsp3) is 0.417. The number of anilines is 1. The van der Waals surface area contributed by atoms with Crippen LogP contribution in [0.5, 0.6) is 0 Å². The van der Waals surface area contributed by atoms with Gasteiger partial charge in [-0.05, 0) is 30.4 Å². The summed E-state index contributed by atoms with van der Waals surface area (Å²) < 4.78 is 0. The SMILES string of the molecule is NC=O.c1ccc(N2CC3CC3C2)cc1. The lowest BCUT2D eigenvalue weighted by atomic mass is 10.3. The van der Waals surface area contributed by atoms with Gasteiger partial charge < -0.3 is 10.6 Å². The molecule has 15 heavy (non-hydrogen) atoms. The summed E-state index contributed by atoms with van der Waals surface area (Å²) in [6, 6.07) is 10.8. The summed E-state index contributed by atoms with van der Waals surface area (Å²) in [4.78, 5) is 11.1. The van der Waals surface area contributed by atoms with E-state index in [2.05, 4.69) is 41.0 Å². The molecular weight excluding hydrogens is 188 g/mol. The van der Waals surface area contributed by atoms with Gasteiger partial charge in [0, 0.05) is 18.8 Å². The number of para-hydroxylation sites is 1. The molecule has 1 amide bonds. The Hall–Kier alpha value is -1.51. The van der Waals surface area contributed by atoms with E-state index in [-0.39, 0.29) is 6.41 Å². The largest absolute Gasteiger partial charge is 0.372 e. The Labute approximate surface area is 89.9 Å². The summed E-state index contributed by atoms with van der Waals surface area (Å²) in [5, 5.41) is 0. The van der Waals surface area contributed by atoms with Crippen molar-refractivity contribution in [1.29, 1.82) is 0 Å². The molecule has 0 bridgehead atoms. The maximum Gasteiger partial charge on any atom is 0.204 e. The summed E-state index contributed by atoms with van der Waals surface area (Å²) in [5.74, 6) is 2.07. The number of rotatable bonds is 1. The number of carbonyl (C=O) groups excluding carboxylic acids is 1. The Kier molecular flexibility index (Phi) is 2.90. The van der Waals surface area contributed by atoms with E-state index in [0.29, 0.717) is 0 Å². The van der Waals surface area contributed by atoms with Gasteiger partial charge in [-0.1, -0.05) is 18.2 Å². The zero-order chi connectivity index (χ0) is 10.7. The van der Waals surface area contributed by atoms with Crippen LogP contribution >= 0.6 is 0 Å². The van der Waals surface area contributed by atoms with E-state index in [4.69, 9.17) is 4.79 Å². The molecule has 1 saturated heterocycles. The number of piperidine rings is 1. The number of primary amides is 1. The molecule has 3 rings (SSSR count). The first kappa shape index (κ1) is 10.0. The van der Waals surface area contributed by atoms with E-state index in [1.165, 1.54) is 25.2 Å². The first-order valence-electron chi connectivity index (χ1n) is 5.30. The Bertz CT molecular complexity index is 316. The third kappa shape index (κ3) is 2.29. The molecule has 0 spiro atoms. The van der Waals surface area contributed by atoms with Gasteiger partial charge in [0.05, 0.1) is 0 Å². The number of nitrogens with zero attached hydrogens (tertiary/aromatic N) is 1. The van der Waals surface area contributed by atoms with Gasteiger partial charge in [0.2, 0.25) is 6.41 Å². The molecule has 0 aromatic heterocycles. The average molecular weight is 204 g/mol. The molecule has 1 aliphatic heterocycles. The van der Waals surface area contributed by atoms with Crippen molar-refractivity contribution >= 4 is 12.1 Å². The third-order valence-corrected chi connectivity index (χ3v) is 3.10. The molecule has 2 N–H and O–H groups in total. The highest BCUT2D eigenvalue weighted by molar-refractivity contribution is 5.48. The lowest BCUT2D eigenvalue weighted by Crippen LogP contribution is -2.21. The second kappa shape index (κ2) is 4.34. The van der Waals surface area contributed by atoms with Gasteiger partial charge in [-0.25, -0.2) is 0 Å². The molecular formula is C12H16N2O. The predicted octanol–water partition coefficient (Wildman–Crippen LogP) is 1.24. The highest BCUT2D eigenvalue weighted by atomic mass is 16.1. The topological polar surface area (TPSA) is 46.3 Å². The summed E-state index contributed by atoms with van der Waals surface area (Å²) in [6.07, 6.45) is 1.74. The summed E-state index contributed by atoms with van der Waals surface area (Å²) in [5.41, 5.74) is 5.57. The van der Waals surface area contributed by atoms with Crippen LogP contribution in [-0.2, 0) is 4.79 Å². The minimum atomic E-state index is 0.250. The summed E-state index contributed by atoms with van der Waals surface area (Å²) >= 11 is 0. The van der Waals surface area contributed by atoms with Crippen molar-refractivity contribution in [2.45, 2.75) is 6.42 Å². The predicted molar refractivity (Wildman–Crippen MR) is 60.5 cm³/mol. The number of carbonyl (C=O) groups is 1. The number of hydrogen-bond donors (Lipinski definition) is 1. The minimum Gasteiger partial charge on any atom is -0.372 e. The fourth-order valence-corrected chi connectivity index (χ4v) is 2.25. The van der Waals surface area contributed by atoms with Crippen LogP contribution in [0.1, 0.15) is 6.42 Å². The number of fused-ring (bicyclic) bond motifs is 1. The summed E-state index contributed by atoms with van der Waals surface area (Å²) in [7, 11) is 0. The number of hydrogen-bond acceptors (Lipinski definition) is 2. The van der Waals surface area contributed by atoms with Crippen molar-refractivity contribution in [3.8, 4) is 0 Å². The van der Waals surface area contributed by atoms with Crippen LogP contribution in [0.3, 0.4) is 0 Å².